The number of hydrogen-bond donors (Lipinski definition) is 0. The lowest BCUT2D eigenvalue weighted by Gasteiger charge is -2.24. The van der Waals surface area contributed by atoms with E-state index in [-0.39, 0.29) is 5.75 Å². The average molecular weight is 291 g/mol. The summed E-state index contributed by atoms with van der Waals surface area (Å²) < 4.78 is 31.2. The maximum atomic E-state index is 12.3. The van der Waals surface area contributed by atoms with E-state index in [2.05, 4.69) is 0 Å². The van der Waals surface area contributed by atoms with E-state index in [1.807, 2.05) is 18.2 Å². The van der Waals surface area contributed by atoms with Crippen LogP contribution in [-0.2, 0) is 10.0 Å². The zero-order valence-corrected chi connectivity index (χ0v) is 12.3. The van der Waals surface area contributed by atoms with Crippen molar-refractivity contribution in [1.82, 2.24) is 0 Å². The first-order valence-electron chi connectivity index (χ1n) is 6.30. The van der Waals surface area contributed by atoms with E-state index < -0.39 is 10.0 Å². The lowest BCUT2D eigenvalue weighted by molar-refractivity contribution is 0.415. The lowest BCUT2D eigenvalue weighted by atomic mass is 10.2. The first-order chi connectivity index (χ1) is 9.58. The standard InChI is InChI=1S/C15H17NO3S/c1-3-20(17,18)16(13-7-5-4-6-8-13)14-9-11-15(19-2)12-10-14/h4-12H,3H2,1-2H3. The molecule has 0 fully saturated rings. The number of rotatable bonds is 5. The highest BCUT2D eigenvalue weighted by Crippen LogP contribution is 2.30. The predicted molar refractivity (Wildman–Crippen MR) is 81.0 cm³/mol. The molecule has 106 valence electrons. The Kier molecular flexibility index (Phi) is 4.29. The van der Waals surface area contributed by atoms with Gasteiger partial charge in [-0.15, -0.1) is 0 Å². The van der Waals surface area contributed by atoms with E-state index in [0.717, 1.165) is 0 Å². The van der Waals surface area contributed by atoms with Crippen molar-refractivity contribution >= 4 is 21.4 Å². The van der Waals surface area contributed by atoms with Gasteiger partial charge in [-0.05, 0) is 43.3 Å². The number of benzene rings is 2. The molecule has 2 rings (SSSR count). The number of para-hydroxylation sites is 1. The van der Waals surface area contributed by atoms with Crippen molar-refractivity contribution < 1.29 is 13.2 Å². The normalized spacial score (nSPS) is 11.1. The van der Waals surface area contributed by atoms with Crippen LogP contribution >= 0.6 is 0 Å². The van der Waals surface area contributed by atoms with Crippen LogP contribution < -0.4 is 9.04 Å². The molecule has 0 heterocycles. The Morgan fingerprint density at radius 1 is 0.950 bits per heavy atom. The van der Waals surface area contributed by atoms with Gasteiger partial charge in [0.25, 0.3) is 0 Å². The average Bonchev–Trinajstić information content (AvgIpc) is 2.49. The molecule has 0 bridgehead atoms. The van der Waals surface area contributed by atoms with Gasteiger partial charge in [0.15, 0.2) is 0 Å². The molecule has 2 aromatic rings. The summed E-state index contributed by atoms with van der Waals surface area (Å²) in [6.07, 6.45) is 0. The SMILES string of the molecule is CCS(=O)(=O)N(c1ccccc1)c1ccc(OC)cc1. The highest BCUT2D eigenvalue weighted by molar-refractivity contribution is 7.93. The molecule has 0 atom stereocenters. The third-order valence-corrected chi connectivity index (χ3v) is 4.65. The van der Waals surface area contributed by atoms with Crippen LogP contribution in [0.3, 0.4) is 0 Å². The minimum atomic E-state index is -3.39. The quantitative estimate of drug-likeness (QED) is 0.850. The molecule has 0 aromatic heterocycles. The van der Waals surface area contributed by atoms with Gasteiger partial charge in [0.2, 0.25) is 10.0 Å². The van der Waals surface area contributed by atoms with Crippen LogP contribution in [0.15, 0.2) is 54.6 Å². The number of ether oxygens (including phenoxy) is 1. The minimum absolute atomic E-state index is 0.0356. The van der Waals surface area contributed by atoms with Gasteiger partial charge in [0, 0.05) is 0 Å². The summed E-state index contributed by atoms with van der Waals surface area (Å²) in [6.45, 7) is 1.63. The molecule has 0 aliphatic heterocycles. The van der Waals surface area contributed by atoms with E-state index >= 15 is 0 Å². The summed E-state index contributed by atoms with van der Waals surface area (Å²) in [6, 6.07) is 16.0. The smallest absolute Gasteiger partial charge is 0.239 e. The Morgan fingerprint density at radius 2 is 1.50 bits per heavy atom. The second kappa shape index (κ2) is 5.96. The Hall–Kier alpha value is -2.01. The summed E-state index contributed by atoms with van der Waals surface area (Å²) >= 11 is 0. The largest absolute Gasteiger partial charge is 0.497 e. The maximum Gasteiger partial charge on any atom is 0.239 e. The summed E-state index contributed by atoms with van der Waals surface area (Å²) in [7, 11) is -1.82. The van der Waals surface area contributed by atoms with Gasteiger partial charge in [0.05, 0.1) is 24.2 Å². The summed E-state index contributed by atoms with van der Waals surface area (Å²) in [4.78, 5) is 0. The molecule has 20 heavy (non-hydrogen) atoms. The molecule has 0 aliphatic carbocycles. The molecule has 0 amide bonds. The second-order valence-corrected chi connectivity index (χ2v) is 6.30. The minimum Gasteiger partial charge on any atom is -0.497 e. The molecule has 0 saturated carbocycles. The molecular weight excluding hydrogens is 274 g/mol. The van der Waals surface area contributed by atoms with Crippen molar-refractivity contribution in [3.8, 4) is 5.75 Å². The third-order valence-electron chi connectivity index (χ3n) is 2.94. The number of methoxy groups -OCH3 is 1. The number of nitrogens with zero attached hydrogens (tertiary/aromatic N) is 1. The van der Waals surface area contributed by atoms with Crippen LogP contribution in [0.4, 0.5) is 11.4 Å². The van der Waals surface area contributed by atoms with E-state index in [1.165, 1.54) is 4.31 Å². The molecule has 0 spiro atoms. The molecule has 0 radical (unpaired) electrons. The van der Waals surface area contributed by atoms with Crippen LogP contribution in [0.25, 0.3) is 0 Å². The van der Waals surface area contributed by atoms with Crippen LogP contribution in [0.5, 0.6) is 5.75 Å². The number of hydrogen-bond acceptors (Lipinski definition) is 3. The molecule has 0 N–H and O–H groups in total. The highest BCUT2D eigenvalue weighted by atomic mass is 32.2. The molecule has 2 aromatic carbocycles. The lowest BCUT2D eigenvalue weighted by Crippen LogP contribution is -2.27. The molecule has 5 heteroatoms. The maximum absolute atomic E-state index is 12.3. The van der Waals surface area contributed by atoms with Gasteiger partial charge in [0.1, 0.15) is 5.75 Å². The van der Waals surface area contributed by atoms with E-state index in [0.29, 0.717) is 17.1 Å². The van der Waals surface area contributed by atoms with E-state index in [1.54, 1.807) is 50.4 Å². The Balaban J connectivity index is 2.52. The van der Waals surface area contributed by atoms with Crippen LogP contribution in [0.1, 0.15) is 6.92 Å². The van der Waals surface area contributed by atoms with E-state index in [4.69, 9.17) is 4.74 Å². The van der Waals surface area contributed by atoms with Gasteiger partial charge in [-0.25, -0.2) is 12.7 Å². The van der Waals surface area contributed by atoms with Crippen LogP contribution in [0, 0.1) is 0 Å². The fourth-order valence-electron chi connectivity index (χ4n) is 1.88. The van der Waals surface area contributed by atoms with Crippen LogP contribution in [-0.4, -0.2) is 21.3 Å². The van der Waals surface area contributed by atoms with Crippen molar-refractivity contribution in [3.63, 3.8) is 0 Å². The molecule has 4 nitrogen and oxygen atoms in total. The highest BCUT2D eigenvalue weighted by Gasteiger charge is 2.22. The van der Waals surface area contributed by atoms with Crippen molar-refractivity contribution in [2.45, 2.75) is 6.92 Å². The van der Waals surface area contributed by atoms with Gasteiger partial charge in [-0.1, -0.05) is 18.2 Å². The fourth-order valence-corrected chi connectivity index (χ4v) is 3.02. The van der Waals surface area contributed by atoms with E-state index in [9.17, 15) is 8.42 Å². The topological polar surface area (TPSA) is 46.6 Å². The molecular formula is C15H17NO3S. The van der Waals surface area contributed by atoms with Gasteiger partial charge in [-0.3, -0.25) is 0 Å². The molecule has 0 unspecified atom stereocenters. The fraction of sp³-hybridized carbons (Fsp3) is 0.200. The summed E-state index contributed by atoms with van der Waals surface area (Å²) in [5, 5.41) is 0. The monoisotopic (exact) mass is 291 g/mol. The first-order valence-corrected chi connectivity index (χ1v) is 7.91. The number of sulfonamides is 1. The third kappa shape index (κ3) is 2.93. The van der Waals surface area contributed by atoms with Crippen molar-refractivity contribution in [2.75, 3.05) is 17.2 Å². The second-order valence-electron chi connectivity index (χ2n) is 4.20. The van der Waals surface area contributed by atoms with Gasteiger partial charge < -0.3 is 4.74 Å². The Bertz CT molecular complexity index is 651. The zero-order valence-electron chi connectivity index (χ0n) is 11.5. The van der Waals surface area contributed by atoms with Gasteiger partial charge in [-0.2, -0.15) is 0 Å². The summed E-state index contributed by atoms with van der Waals surface area (Å²) in [5.74, 6) is 0.726. The first kappa shape index (κ1) is 14.4. The summed E-state index contributed by atoms with van der Waals surface area (Å²) in [5.41, 5.74) is 1.22. The number of anilines is 2. The zero-order chi connectivity index (χ0) is 14.6. The Labute approximate surface area is 119 Å². The Morgan fingerprint density at radius 3 is 2.00 bits per heavy atom. The van der Waals surface area contributed by atoms with Crippen molar-refractivity contribution in [2.24, 2.45) is 0 Å². The van der Waals surface area contributed by atoms with Crippen molar-refractivity contribution in [3.05, 3.63) is 54.6 Å². The predicted octanol–water partition coefficient (Wildman–Crippen LogP) is 3.18. The van der Waals surface area contributed by atoms with Gasteiger partial charge >= 0.3 is 0 Å². The molecule has 0 saturated heterocycles. The van der Waals surface area contributed by atoms with Crippen molar-refractivity contribution in [1.29, 1.82) is 0 Å². The molecule has 0 aliphatic rings. The van der Waals surface area contributed by atoms with Crippen LogP contribution in [0.2, 0.25) is 0 Å².